The Morgan fingerprint density at radius 3 is 2.80 bits per heavy atom. The molecule has 0 bridgehead atoms. The van der Waals surface area contributed by atoms with E-state index in [2.05, 4.69) is 26.6 Å². The molecule has 1 aromatic heterocycles. The second kappa shape index (κ2) is 11.1. The second-order valence-corrected chi connectivity index (χ2v) is 6.19. The van der Waals surface area contributed by atoms with Crippen molar-refractivity contribution in [2.75, 3.05) is 38.2 Å². The number of alkyl carbamates (subject to hydrolysis) is 1. The number of ether oxygens (including phenoxy) is 1. The van der Waals surface area contributed by atoms with Crippen molar-refractivity contribution < 1.29 is 14.6 Å². The molecule has 0 saturated carbocycles. The summed E-state index contributed by atoms with van der Waals surface area (Å²) >= 11 is 0. The smallest absolute Gasteiger partial charge is 0.407 e. The van der Waals surface area contributed by atoms with E-state index in [-0.39, 0.29) is 19.0 Å². The Balaban J connectivity index is 0.00000312. The molecule has 1 aliphatic rings. The van der Waals surface area contributed by atoms with E-state index in [1.807, 2.05) is 19.1 Å². The van der Waals surface area contributed by atoms with Gasteiger partial charge in [0.05, 0.1) is 0 Å². The number of pyridine rings is 1. The number of aryl methyl sites for hydroxylation is 1. The third kappa shape index (κ3) is 7.46. The standard InChI is InChI=1S/C17H28N4O3.ClH/c1-13-4-3-5-15(20-13)21-10-7-14(8-11-21)6-9-19-17(23)24-12-16(22)18-2;/h3-5,14,16,18,22H,6-12H2,1-2H3,(H,19,23);1H. The molecule has 142 valence electrons. The maximum Gasteiger partial charge on any atom is 0.407 e. The number of aromatic nitrogens is 1. The summed E-state index contributed by atoms with van der Waals surface area (Å²) in [5.41, 5.74) is 1.04. The third-order valence-electron chi connectivity index (χ3n) is 4.34. The number of anilines is 1. The summed E-state index contributed by atoms with van der Waals surface area (Å²) in [5.74, 6) is 1.66. The Labute approximate surface area is 155 Å². The van der Waals surface area contributed by atoms with Crippen LogP contribution in [-0.4, -0.2) is 55.7 Å². The van der Waals surface area contributed by atoms with Gasteiger partial charge < -0.3 is 20.1 Å². The molecule has 1 aliphatic heterocycles. The highest BCUT2D eigenvalue weighted by atomic mass is 35.5. The molecule has 0 radical (unpaired) electrons. The van der Waals surface area contributed by atoms with E-state index < -0.39 is 12.3 Å². The molecule has 2 rings (SSSR count). The summed E-state index contributed by atoms with van der Waals surface area (Å²) in [4.78, 5) is 18.4. The summed E-state index contributed by atoms with van der Waals surface area (Å²) in [5, 5.41) is 14.6. The summed E-state index contributed by atoms with van der Waals surface area (Å²) in [6.45, 7) is 4.56. The summed E-state index contributed by atoms with van der Waals surface area (Å²) < 4.78 is 4.89. The first-order chi connectivity index (χ1) is 11.6. The Morgan fingerprint density at radius 2 is 2.16 bits per heavy atom. The van der Waals surface area contributed by atoms with Crippen molar-refractivity contribution >= 4 is 24.3 Å². The number of carbonyl (C=O) groups excluding carboxylic acids is 1. The van der Waals surface area contributed by atoms with Crippen LogP contribution in [0.5, 0.6) is 0 Å². The van der Waals surface area contributed by atoms with Crippen LogP contribution in [-0.2, 0) is 4.74 Å². The molecular formula is C17H29ClN4O3. The van der Waals surface area contributed by atoms with Gasteiger partial charge in [-0.3, -0.25) is 5.32 Å². The maximum absolute atomic E-state index is 11.5. The minimum atomic E-state index is -0.824. The average Bonchev–Trinajstić information content (AvgIpc) is 2.60. The van der Waals surface area contributed by atoms with Gasteiger partial charge in [-0.25, -0.2) is 9.78 Å². The Morgan fingerprint density at radius 1 is 1.44 bits per heavy atom. The van der Waals surface area contributed by atoms with Gasteiger partial charge in [0.25, 0.3) is 0 Å². The van der Waals surface area contributed by atoms with Crippen LogP contribution in [0.15, 0.2) is 18.2 Å². The van der Waals surface area contributed by atoms with Crippen molar-refractivity contribution in [2.24, 2.45) is 5.92 Å². The second-order valence-electron chi connectivity index (χ2n) is 6.19. The molecule has 1 fully saturated rings. The number of piperidine rings is 1. The summed E-state index contributed by atoms with van der Waals surface area (Å²) in [7, 11) is 1.60. The zero-order chi connectivity index (χ0) is 17.4. The maximum atomic E-state index is 11.5. The van der Waals surface area contributed by atoms with E-state index in [1.165, 1.54) is 0 Å². The molecule has 3 N–H and O–H groups in total. The van der Waals surface area contributed by atoms with Gasteiger partial charge in [0.15, 0.2) is 0 Å². The highest BCUT2D eigenvalue weighted by molar-refractivity contribution is 5.85. The number of carbonyl (C=O) groups is 1. The Hall–Kier alpha value is -1.57. The molecule has 0 aromatic carbocycles. The lowest BCUT2D eigenvalue weighted by atomic mass is 9.93. The van der Waals surface area contributed by atoms with Crippen molar-refractivity contribution in [3.8, 4) is 0 Å². The van der Waals surface area contributed by atoms with Crippen LogP contribution in [0.25, 0.3) is 0 Å². The van der Waals surface area contributed by atoms with Crippen LogP contribution in [0, 0.1) is 12.8 Å². The zero-order valence-corrected chi connectivity index (χ0v) is 15.7. The van der Waals surface area contributed by atoms with E-state index in [0.717, 1.165) is 43.9 Å². The lowest BCUT2D eigenvalue weighted by molar-refractivity contribution is 0.0534. The van der Waals surface area contributed by atoms with Crippen molar-refractivity contribution in [3.63, 3.8) is 0 Å². The largest absolute Gasteiger partial charge is 0.445 e. The molecular weight excluding hydrogens is 344 g/mol. The molecule has 0 spiro atoms. The first-order valence-corrected chi connectivity index (χ1v) is 8.53. The predicted octanol–water partition coefficient (Wildman–Crippen LogP) is 1.68. The van der Waals surface area contributed by atoms with Crippen LogP contribution in [0.2, 0.25) is 0 Å². The van der Waals surface area contributed by atoms with E-state index in [9.17, 15) is 9.90 Å². The predicted molar refractivity (Wildman–Crippen MR) is 100 cm³/mol. The Bertz CT molecular complexity index is 524. The van der Waals surface area contributed by atoms with Crippen LogP contribution in [0.1, 0.15) is 25.0 Å². The first-order valence-electron chi connectivity index (χ1n) is 8.53. The topological polar surface area (TPSA) is 86.7 Å². The van der Waals surface area contributed by atoms with Crippen LogP contribution in [0.3, 0.4) is 0 Å². The highest BCUT2D eigenvalue weighted by Crippen LogP contribution is 2.23. The quantitative estimate of drug-likeness (QED) is 0.631. The monoisotopic (exact) mass is 372 g/mol. The molecule has 2 heterocycles. The number of nitrogens with zero attached hydrogens (tertiary/aromatic N) is 2. The molecule has 0 aliphatic carbocycles. The Kier molecular flexibility index (Phi) is 9.55. The fourth-order valence-corrected chi connectivity index (χ4v) is 2.82. The minimum absolute atomic E-state index is 0. The van der Waals surface area contributed by atoms with Crippen molar-refractivity contribution in [2.45, 2.75) is 32.4 Å². The summed E-state index contributed by atoms with van der Waals surface area (Å²) in [6.07, 6.45) is 1.84. The first kappa shape index (κ1) is 21.5. The number of aliphatic hydroxyl groups excluding tert-OH is 1. The van der Waals surface area contributed by atoms with Crippen molar-refractivity contribution in [1.29, 1.82) is 0 Å². The fourth-order valence-electron chi connectivity index (χ4n) is 2.82. The molecule has 1 atom stereocenters. The molecule has 1 saturated heterocycles. The van der Waals surface area contributed by atoms with Gasteiger partial charge in [0, 0.05) is 25.3 Å². The number of rotatable bonds is 7. The summed E-state index contributed by atoms with van der Waals surface area (Å²) in [6, 6.07) is 6.12. The molecule has 7 nitrogen and oxygen atoms in total. The molecule has 1 unspecified atom stereocenters. The van der Waals surface area contributed by atoms with E-state index in [1.54, 1.807) is 7.05 Å². The zero-order valence-electron chi connectivity index (χ0n) is 14.9. The molecule has 8 heteroatoms. The molecule has 25 heavy (non-hydrogen) atoms. The highest BCUT2D eigenvalue weighted by Gasteiger charge is 2.20. The molecule has 1 aromatic rings. The third-order valence-corrected chi connectivity index (χ3v) is 4.34. The van der Waals surface area contributed by atoms with Crippen LogP contribution in [0.4, 0.5) is 10.6 Å². The minimum Gasteiger partial charge on any atom is -0.445 e. The van der Waals surface area contributed by atoms with Gasteiger partial charge in [0.1, 0.15) is 18.7 Å². The van der Waals surface area contributed by atoms with E-state index in [4.69, 9.17) is 4.74 Å². The molecule has 1 amide bonds. The number of hydrogen-bond donors (Lipinski definition) is 3. The normalized spacial score (nSPS) is 16.0. The van der Waals surface area contributed by atoms with Gasteiger partial charge >= 0.3 is 6.09 Å². The van der Waals surface area contributed by atoms with Gasteiger partial charge in [-0.15, -0.1) is 12.4 Å². The number of likely N-dealkylation sites (N-methyl/N-ethyl adjacent to an activating group) is 1. The van der Waals surface area contributed by atoms with Crippen molar-refractivity contribution in [1.82, 2.24) is 15.6 Å². The van der Waals surface area contributed by atoms with Gasteiger partial charge in [-0.2, -0.15) is 0 Å². The lowest BCUT2D eigenvalue weighted by Crippen LogP contribution is -2.37. The number of hydrogen-bond acceptors (Lipinski definition) is 6. The fraction of sp³-hybridized carbons (Fsp3) is 0.647. The van der Waals surface area contributed by atoms with Gasteiger partial charge in [-0.05, 0) is 51.3 Å². The number of nitrogens with one attached hydrogen (secondary N) is 2. The number of aliphatic hydroxyl groups is 1. The van der Waals surface area contributed by atoms with E-state index in [0.29, 0.717) is 12.5 Å². The number of halogens is 1. The lowest BCUT2D eigenvalue weighted by Gasteiger charge is -2.33. The van der Waals surface area contributed by atoms with Crippen LogP contribution >= 0.6 is 12.4 Å². The SMILES string of the molecule is CNC(O)COC(=O)NCCC1CCN(c2cccc(C)n2)CC1.Cl. The van der Waals surface area contributed by atoms with Gasteiger partial charge in [0.2, 0.25) is 0 Å². The van der Waals surface area contributed by atoms with Crippen molar-refractivity contribution in [3.05, 3.63) is 23.9 Å². The number of amides is 1. The van der Waals surface area contributed by atoms with Gasteiger partial charge in [-0.1, -0.05) is 6.07 Å². The van der Waals surface area contributed by atoms with Crippen LogP contribution < -0.4 is 15.5 Å². The van der Waals surface area contributed by atoms with E-state index >= 15 is 0 Å². The average molecular weight is 373 g/mol.